The lowest BCUT2D eigenvalue weighted by atomic mass is 9.87. The van der Waals surface area contributed by atoms with E-state index in [1.54, 1.807) is 23.1 Å². The lowest BCUT2D eigenvalue weighted by Crippen LogP contribution is -2.61. The summed E-state index contributed by atoms with van der Waals surface area (Å²) in [5.74, 6) is -0.232. The number of amides is 1. The Labute approximate surface area is 266 Å². The van der Waals surface area contributed by atoms with Crippen molar-refractivity contribution in [3.63, 3.8) is 0 Å². The van der Waals surface area contributed by atoms with E-state index in [1.165, 1.54) is 17.3 Å². The number of aliphatic hydroxyl groups is 1. The first kappa shape index (κ1) is 34.8. The van der Waals surface area contributed by atoms with Gasteiger partial charge >= 0.3 is 0 Å². The number of hydrogen-bond donors (Lipinski definition) is 1. The van der Waals surface area contributed by atoms with Crippen LogP contribution in [0.5, 0.6) is 0 Å². The van der Waals surface area contributed by atoms with Gasteiger partial charge < -0.3 is 39.1 Å². The van der Waals surface area contributed by atoms with Crippen LogP contribution in [-0.4, -0.2) is 99.5 Å². The molecule has 0 aromatic heterocycles. The first-order valence-electron chi connectivity index (χ1n) is 15.4. The van der Waals surface area contributed by atoms with Gasteiger partial charge in [0.2, 0.25) is 10.0 Å². The van der Waals surface area contributed by atoms with Gasteiger partial charge in [-0.1, -0.05) is 50.2 Å². The van der Waals surface area contributed by atoms with E-state index in [0.717, 1.165) is 10.5 Å². The van der Waals surface area contributed by atoms with Crippen molar-refractivity contribution in [2.45, 2.75) is 75.8 Å². The molecule has 2 heterocycles. The highest BCUT2D eigenvalue weighted by atomic mass is 32.2. The number of rotatable bonds is 15. The number of nitrogens with zero attached hydrogens (tertiary/aromatic N) is 3. The number of carbonyl (C=O) groups is 2. The van der Waals surface area contributed by atoms with Crippen molar-refractivity contribution < 1.29 is 37.7 Å². The lowest BCUT2D eigenvalue weighted by molar-refractivity contribution is -0.273. The first-order chi connectivity index (χ1) is 21.2. The molecule has 0 unspecified atom stereocenters. The predicted octanol–water partition coefficient (Wildman–Crippen LogP) is 2.52. The molecule has 248 valence electrons. The topological polar surface area (TPSA) is 140 Å². The minimum atomic E-state index is -4.17. The molecule has 0 radical (unpaired) electrons. The van der Waals surface area contributed by atoms with E-state index >= 15 is 0 Å². The van der Waals surface area contributed by atoms with Gasteiger partial charge in [0, 0.05) is 45.2 Å². The molecule has 0 saturated carbocycles. The third kappa shape index (κ3) is 8.62. The molecule has 12 heteroatoms. The Morgan fingerprint density at radius 3 is 2.44 bits per heavy atom. The molecule has 0 aliphatic carbocycles. The van der Waals surface area contributed by atoms with Gasteiger partial charge in [-0.05, 0) is 55.4 Å². The number of hydrogen-bond acceptors (Lipinski definition) is 9. The van der Waals surface area contributed by atoms with Crippen LogP contribution in [0.3, 0.4) is 0 Å². The molecule has 0 bridgehead atoms. The highest BCUT2D eigenvalue weighted by Gasteiger charge is 2.47. The van der Waals surface area contributed by atoms with Crippen LogP contribution in [0, 0.1) is 11.3 Å². The summed E-state index contributed by atoms with van der Waals surface area (Å²) in [6.45, 7) is 5.40. The molecule has 2 aliphatic heterocycles. The molecule has 2 aromatic carbocycles. The normalized spacial score (nSPS) is 21.4. The number of carboxylic acid groups (broad SMARTS) is 1. The van der Waals surface area contributed by atoms with Crippen molar-refractivity contribution in [3.05, 3.63) is 60.2 Å². The van der Waals surface area contributed by atoms with Crippen LogP contribution in [0.25, 0.3) is 0 Å². The number of carbonyl (C=O) groups excluding carboxylic acids is 2. The number of ether oxygens (including phenoxy) is 2. The second-order valence-electron chi connectivity index (χ2n) is 13.1. The number of Topliss-reactive ketones (excluding diaryl/α,β-unsaturated/α-hetero) is 1. The zero-order valence-electron chi connectivity index (χ0n) is 26.8. The quantitative estimate of drug-likeness (QED) is 0.310. The van der Waals surface area contributed by atoms with E-state index in [9.17, 15) is 28.2 Å². The van der Waals surface area contributed by atoms with Crippen LogP contribution in [0.2, 0.25) is 0 Å². The van der Waals surface area contributed by atoms with Crippen LogP contribution >= 0.6 is 0 Å². The van der Waals surface area contributed by atoms with Gasteiger partial charge in [0.25, 0.3) is 0 Å². The summed E-state index contributed by atoms with van der Waals surface area (Å²) in [6.07, 6.45) is -1.99. The molecule has 2 aliphatic rings. The largest absolute Gasteiger partial charge is 0.530 e. The third-order valence-electron chi connectivity index (χ3n) is 8.79. The molecular weight excluding hydrogens is 598 g/mol. The number of aliphatic hydroxyl groups excluding tert-OH is 1. The number of anilines is 1. The zero-order chi connectivity index (χ0) is 32.9. The summed E-state index contributed by atoms with van der Waals surface area (Å²) in [5, 5.41) is 24.8. The average Bonchev–Trinajstić information content (AvgIpc) is 3.61. The predicted molar refractivity (Wildman–Crippen MR) is 168 cm³/mol. The molecule has 1 amide bonds. The van der Waals surface area contributed by atoms with Gasteiger partial charge in [-0.3, -0.25) is 0 Å². The molecule has 2 aromatic rings. The molecule has 5 atom stereocenters. The number of sulfonamides is 1. The fourth-order valence-electron chi connectivity index (χ4n) is 6.24. The van der Waals surface area contributed by atoms with E-state index in [0.29, 0.717) is 25.1 Å². The van der Waals surface area contributed by atoms with Gasteiger partial charge in [0.05, 0.1) is 36.3 Å². The Hall–Kier alpha value is -3.03. The Morgan fingerprint density at radius 1 is 1.09 bits per heavy atom. The zero-order valence-corrected chi connectivity index (χ0v) is 27.6. The SMILES string of the molecule is CC(=O)CCC(C)(C)CN(C[C@@H](O)[C@H](Cc1ccccc1)N(C(=O)[O-])[C@H]1CO[C@H]2OCC[C@H]21)S(=O)(=O)c1cccc(N(C)C)c1. The standard InChI is InChI=1S/C33H47N3O8S/c1-23(37)14-16-33(2,3)22-35(45(41,42)26-13-9-12-25(19-26)34(4)5)20-30(38)28(18-24-10-7-6-8-11-24)36(32(39)40)29-21-44-31-27(29)15-17-43-31/h6-13,19,27-31,38H,14-18,20-22H2,1-5H3,(H,39,40)/p-1/t27-,28-,29-,30+,31+/m0/s1. The van der Waals surface area contributed by atoms with E-state index in [1.807, 2.05) is 58.3 Å². The van der Waals surface area contributed by atoms with Gasteiger partial charge in [0.15, 0.2) is 6.29 Å². The van der Waals surface area contributed by atoms with Crippen molar-refractivity contribution >= 4 is 27.6 Å². The van der Waals surface area contributed by atoms with Crippen LogP contribution in [0.1, 0.15) is 45.6 Å². The van der Waals surface area contributed by atoms with Crippen LogP contribution < -0.4 is 10.0 Å². The minimum absolute atomic E-state index is 0.000320. The molecule has 45 heavy (non-hydrogen) atoms. The maximum absolute atomic E-state index is 14.3. The summed E-state index contributed by atoms with van der Waals surface area (Å²) in [5.41, 5.74) is 0.835. The van der Waals surface area contributed by atoms with Crippen molar-refractivity contribution in [2.75, 3.05) is 45.3 Å². The number of benzene rings is 2. The van der Waals surface area contributed by atoms with Crippen LogP contribution in [-0.2, 0) is 30.7 Å². The lowest BCUT2D eigenvalue weighted by Gasteiger charge is -2.43. The fraction of sp³-hybridized carbons (Fsp3) is 0.576. The van der Waals surface area contributed by atoms with E-state index in [4.69, 9.17) is 9.47 Å². The van der Waals surface area contributed by atoms with E-state index in [2.05, 4.69) is 0 Å². The van der Waals surface area contributed by atoms with Gasteiger partial charge in [0.1, 0.15) is 11.9 Å². The second-order valence-corrected chi connectivity index (χ2v) is 15.1. The highest BCUT2D eigenvalue weighted by molar-refractivity contribution is 7.89. The molecule has 0 spiro atoms. The third-order valence-corrected chi connectivity index (χ3v) is 10.6. The Balaban J connectivity index is 1.73. The Kier molecular flexibility index (Phi) is 11.3. The molecule has 2 fully saturated rings. The molecule has 1 N–H and O–H groups in total. The summed E-state index contributed by atoms with van der Waals surface area (Å²) < 4.78 is 41.2. The first-order valence-corrected chi connectivity index (χ1v) is 16.8. The number of fused-ring (bicyclic) bond motifs is 1. The summed E-state index contributed by atoms with van der Waals surface area (Å²) in [4.78, 5) is 27.6. The van der Waals surface area contributed by atoms with Crippen molar-refractivity contribution in [2.24, 2.45) is 11.3 Å². The smallest absolute Gasteiger partial charge is 0.243 e. The fourth-order valence-corrected chi connectivity index (χ4v) is 7.93. The van der Waals surface area contributed by atoms with Crippen molar-refractivity contribution in [1.82, 2.24) is 9.21 Å². The van der Waals surface area contributed by atoms with E-state index < -0.39 is 46.0 Å². The summed E-state index contributed by atoms with van der Waals surface area (Å²) >= 11 is 0. The Bertz CT molecular complexity index is 1420. The Morgan fingerprint density at radius 2 is 1.80 bits per heavy atom. The monoisotopic (exact) mass is 644 g/mol. The van der Waals surface area contributed by atoms with Crippen LogP contribution in [0.15, 0.2) is 59.5 Å². The van der Waals surface area contributed by atoms with Crippen molar-refractivity contribution in [1.29, 1.82) is 0 Å². The van der Waals surface area contributed by atoms with Crippen LogP contribution in [0.4, 0.5) is 10.5 Å². The average molecular weight is 645 g/mol. The van der Waals surface area contributed by atoms with Gasteiger partial charge in [-0.25, -0.2) is 8.42 Å². The molecule has 4 rings (SSSR count). The van der Waals surface area contributed by atoms with Crippen molar-refractivity contribution in [3.8, 4) is 0 Å². The van der Waals surface area contributed by atoms with E-state index in [-0.39, 0.29) is 49.1 Å². The molecule has 11 nitrogen and oxygen atoms in total. The molecular formula is C33H46N3O8S-. The molecule has 2 saturated heterocycles. The maximum atomic E-state index is 14.3. The minimum Gasteiger partial charge on any atom is -0.530 e. The van der Waals surface area contributed by atoms with Gasteiger partial charge in [-0.2, -0.15) is 4.31 Å². The summed E-state index contributed by atoms with van der Waals surface area (Å²) in [7, 11) is -0.548. The maximum Gasteiger partial charge on any atom is 0.243 e. The second kappa shape index (κ2) is 14.6. The highest BCUT2D eigenvalue weighted by Crippen LogP contribution is 2.36. The number of ketones is 1. The van der Waals surface area contributed by atoms with Gasteiger partial charge in [-0.15, -0.1) is 0 Å². The summed E-state index contributed by atoms with van der Waals surface area (Å²) in [6, 6.07) is 14.0.